The fraction of sp³-hybridized carbons (Fsp3) is 0.414. The second-order valence-electron chi connectivity index (χ2n) is 10.2. The summed E-state index contributed by atoms with van der Waals surface area (Å²) >= 11 is 0. The number of piperazine rings is 1. The molecule has 192 valence electrons. The number of anilines is 3. The number of nitrogens with one attached hydrogen (secondary N) is 1. The number of imidazole rings is 1. The SMILES string of the molecule is CCN1CCN(c2nc(NCc3ccc(-c4ccccc4N)cc3)c3ncn(C4CCCC4)c3n2)CC1. The predicted molar refractivity (Wildman–Crippen MR) is 151 cm³/mol. The lowest BCUT2D eigenvalue weighted by Gasteiger charge is -2.34. The minimum atomic E-state index is 0.482. The molecule has 4 aromatic rings. The lowest BCUT2D eigenvalue weighted by Crippen LogP contribution is -2.46. The van der Waals surface area contributed by atoms with Gasteiger partial charge in [0.05, 0.1) is 6.33 Å². The number of nitrogens with two attached hydrogens (primary N) is 1. The van der Waals surface area contributed by atoms with Gasteiger partial charge in [-0.15, -0.1) is 0 Å². The van der Waals surface area contributed by atoms with Crippen LogP contribution in [-0.4, -0.2) is 57.1 Å². The predicted octanol–water partition coefficient (Wildman–Crippen LogP) is 4.94. The normalized spacial score (nSPS) is 17.1. The summed E-state index contributed by atoms with van der Waals surface area (Å²) in [6.07, 6.45) is 6.91. The van der Waals surface area contributed by atoms with Crippen LogP contribution in [0, 0.1) is 0 Å². The van der Waals surface area contributed by atoms with Gasteiger partial charge in [0.25, 0.3) is 0 Å². The fourth-order valence-electron chi connectivity index (χ4n) is 5.63. The largest absolute Gasteiger partial charge is 0.398 e. The summed E-state index contributed by atoms with van der Waals surface area (Å²) in [6, 6.07) is 17.0. The molecule has 2 aromatic carbocycles. The molecule has 0 atom stereocenters. The van der Waals surface area contributed by atoms with Gasteiger partial charge in [0.2, 0.25) is 5.95 Å². The van der Waals surface area contributed by atoms with E-state index in [4.69, 9.17) is 20.7 Å². The number of nitrogen functional groups attached to an aromatic ring is 1. The minimum absolute atomic E-state index is 0.482. The smallest absolute Gasteiger partial charge is 0.229 e. The van der Waals surface area contributed by atoms with Crippen LogP contribution in [0.5, 0.6) is 0 Å². The number of nitrogens with zero attached hydrogens (tertiary/aromatic N) is 6. The van der Waals surface area contributed by atoms with E-state index in [9.17, 15) is 0 Å². The monoisotopic (exact) mass is 496 g/mol. The van der Waals surface area contributed by atoms with E-state index in [-0.39, 0.29) is 0 Å². The topological polar surface area (TPSA) is 88.1 Å². The maximum atomic E-state index is 6.17. The molecule has 0 amide bonds. The standard InChI is InChI=1S/C29H36N8/c1-2-35-15-17-36(18-16-35)29-33-27(26-28(34-29)37(20-32-26)23-7-3-4-8-23)31-19-21-11-13-22(14-12-21)24-9-5-6-10-25(24)30/h5-6,9-14,20,23H,2-4,7-8,15-19,30H2,1H3,(H,31,33,34). The lowest BCUT2D eigenvalue weighted by molar-refractivity contribution is 0.270. The molecule has 3 N–H and O–H groups in total. The molecule has 0 unspecified atom stereocenters. The van der Waals surface area contributed by atoms with Gasteiger partial charge in [-0.3, -0.25) is 0 Å². The molecule has 37 heavy (non-hydrogen) atoms. The molecule has 8 nitrogen and oxygen atoms in total. The number of hydrogen-bond acceptors (Lipinski definition) is 7. The molecule has 1 aliphatic heterocycles. The molecule has 6 rings (SSSR count). The summed E-state index contributed by atoms with van der Waals surface area (Å²) in [7, 11) is 0. The molecule has 0 bridgehead atoms. The Morgan fingerprint density at radius 3 is 2.43 bits per heavy atom. The van der Waals surface area contributed by atoms with Crippen molar-refractivity contribution in [1.29, 1.82) is 0 Å². The zero-order valence-corrected chi connectivity index (χ0v) is 21.6. The molecule has 3 heterocycles. The quantitative estimate of drug-likeness (QED) is 0.350. The van der Waals surface area contributed by atoms with Crippen molar-refractivity contribution >= 4 is 28.6 Å². The van der Waals surface area contributed by atoms with Gasteiger partial charge < -0.3 is 25.4 Å². The van der Waals surface area contributed by atoms with Crippen LogP contribution in [0.2, 0.25) is 0 Å². The number of hydrogen-bond donors (Lipinski definition) is 2. The van der Waals surface area contributed by atoms with Crippen molar-refractivity contribution in [3.63, 3.8) is 0 Å². The maximum Gasteiger partial charge on any atom is 0.229 e. The first-order chi connectivity index (χ1) is 18.2. The van der Waals surface area contributed by atoms with Gasteiger partial charge in [-0.05, 0) is 36.6 Å². The van der Waals surface area contributed by atoms with Crippen LogP contribution in [0.1, 0.15) is 44.2 Å². The Labute approximate surface area is 218 Å². The molecule has 0 spiro atoms. The number of rotatable bonds is 7. The number of benzene rings is 2. The molecule has 1 aliphatic carbocycles. The molecular weight excluding hydrogens is 460 g/mol. The summed E-state index contributed by atoms with van der Waals surface area (Å²) in [4.78, 5) is 19.7. The maximum absolute atomic E-state index is 6.17. The molecule has 0 radical (unpaired) electrons. The molecule has 1 saturated heterocycles. The van der Waals surface area contributed by atoms with Crippen LogP contribution in [0.15, 0.2) is 54.9 Å². The molecule has 2 fully saturated rings. The lowest BCUT2D eigenvalue weighted by atomic mass is 10.0. The van der Waals surface area contributed by atoms with E-state index in [1.54, 1.807) is 0 Å². The van der Waals surface area contributed by atoms with E-state index in [0.29, 0.717) is 12.6 Å². The first kappa shape index (κ1) is 23.7. The van der Waals surface area contributed by atoms with Gasteiger partial charge >= 0.3 is 0 Å². The highest BCUT2D eigenvalue weighted by Crippen LogP contribution is 2.33. The average Bonchev–Trinajstić information content (AvgIpc) is 3.63. The van der Waals surface area contributed by atoms with E-state index in [1.807, 2.05) is 24.5 Å². The summed E-state index contributed by atoms with van der Waals surface area (Å²) in [5.74, 6) is 1.62. The summed E-state index contributed by atoms with van der Waals surface area (Å²) in [5.41, 5.74) is 12.1. The van der Waals surface area contributed by atoms with Crippen LogP contribution in [0.3, 0.4) is 0 Å². The first-order valence-electron chi connectivity index (χ1n) is 13.6. The molecular formula is C29H36N8. The number of fused-ring (bicyclic) bond motifs is 1. The van der Waals surface area contributed by atoms with Crippen molar-refractivity contribution in [2.75, 3.05) is 48.7 Å². The fourth-order valence-corrected chi connectivity index (χ4v) is 5.63. The third-order valence-electron chi connectivity index (χ3n) is 7.92. The van der Waals surface area contributed by atoms with E-state index in [0.717, 1.165) is 72.5 Å². The Morgan fingerprint density at radius 2 is 1.70 bits per heavy atom. The zero-order chi connectivity index (χ0) is 25.2. The molecule has 2 aliphatic rings. The molecule has 8 heteroatoms. The Morgan fingerprint density at radius 1 is 0.946 bits per heavy atom. The number of likely N-dealkylation sites (N-methyl/N-ethyl adjacent to an activating group) is 1. The van der Waals surface area contributed by atoms with Crippen LogP contribution >= 0.6 is 0 Å². The average molecular weight is 497 g/mol. The van der Waals surface area contributed by atoms with E-state index < -0.39 is 0 Å². The number of aromatic nitrogens is 4. The third kappa shape index (κ3) is 4.85. The van der Waals surface area contributed by atoms with Gasteiger partial charge in [0.1, 0.15) is 0 Å². The van der Waals surface area contributed by atoms with Crippen LogP contribution in [-0.2, 0) is 6.54 Å². The Kier molecular flexibility index (Phi) is 6.66. The molecule has 1 saturated carbocycles. The molecule has 2 aromatic heterocycles. The minimum Gasteiger partial charge on any atom is -0.398 e. The Bertz CT molecular complexity index is 1350. The van der Waals surface area contributed by atoms with Crippen molar-refractivity contribution in [2.24, 2.45) is 0 Å². The first-order valence-corrected chi connectivity index (χ1v) is 13.6. The third-order valence-corrected chi connectivity index (χ3v) is 7.92. The van der Waals surface area contributed by atoms with Crippen molar-refractivity contribution in [2.45, 2.75) is 45.2 Å². The highest BCUT2D eigenvalue weighted by Gasteiger charge is 2.24. The van der Waals surface area contributed by atoms with E-state index in [1.165, 1.54) is 31.2 Å². The van der Waals surface area contributed by atoms with E-state index >= 15 is 0 Å². The van der Waals surface area contributed by atoms with Gasteiger partial charge in [-0.1, -0.05) is 62.2 Å². The van der Waals surface area contributed by atoms with Gasteiger partial charge in [-0.25, -0.2) is 4.98 Å². The Hall–Kier alpha value is -3.65. The van der Waals surface area contributed by atoms with Crippen molar-refractivity contribution in [1.82, 2.24) is 24.4 Å². The second kappa shape index (κ2) is 10.4. The zero-order valence-electron chi connectivity index (χ0n) is 21.6. The Balaban J connectivity index is 1.27. The highest BCUT2D eigenvalue weighted by atomic mass is 15.3. The van der Waals surface area contributed by atoms with Crippen LogP contribution in [0.25, 0.3) is 22.3 Å². The highest BCUT2D eigenvalue weighted by molar-refractivity contribution is 5.84. The second-order valence-corrected chi connectivity index (χ2v) is 10.2. The van der Waals surface area contributed by atoms with Gasteiger partial charge in [0, 0.05) is 50.0 Å². The van der Waals surface area contributed by atoms with Crippen LogP contribution < -0.4 is 16.0 Å². The van der Waals surface area contributed by atoms with Gasteiger partial charge in [0.15, 0.2) is 17.0 Å². The van der Waals surface area contributed by atoms with Crippen molar-refractivity contribution in [3.05, 3.63) is 60.4 Å². The number of para-hydroxylation sites is 1. The van der Waals surface area contributed by atoms with Crippen LogP contribution in [0.4, 0.5) is 17.5 Å². The van der Waals surface area contributed by atoms with Crippen molar-refractivity contribution in [3.8, 4) is 11.1 Å². The summed E-state index contributed by atoms with van der Waals surface area (Å²) in [6.45, 7) is 7.95. The van der Waals surface area contributed by atoms with Crippen molar-refractivity contribution < 1.29 is 0 Å². The summed E-state index contributed by atoms with van der Waals surface area (Å²) < 4.78 is 2.29. The van der Waals surface area contributed by atoms with E-state index in [2.05, 4.69) is 56.9 Å². The van der Waals surface area contributed by atoms with Gasteiger partial charge in [-0.2, -0.15) is 9.97 Å². The summed E-state index contributed by atoms with van der Waals surface area (Å²) in [5, 5.41) is 3.59.